The minimum absolute atomic E-state index is 0.00194. The van der Waals surface area contributed by atoms with E-state index in [1.807, 2.05) is 62.3 Å². The summed E-state index contributed by atoms with van der Waals surface area (Å²) in [5.41, 5.74) is 0.852. The molecule has 15 atom stereocenters. The Morgan fingerprint density at radius 1 is 0.560 bits per heavy atom. The van der Waals surface area contributed by atoms with E-state index in [-0.39, 0.29) is 92.9 Å². The van der Waals surface area contributed by atoms with Gasteiger partial charge in [0.15, 0.2) is 0 Å². The van der Waals surface area contributed by atoms with E-state index in [0.29, 0.717) is 58.0 Å². The minimum Gasteiger partial charge on any atom is -0.391 e. The van der Waals surface area contributed by atoms with E-state index in [4.69, 9.17) is 21.1 Å². The van der Waals surface area contributed by atoms with Crippen molar-refractivity contribution in [2.24, 2.45) is 41.4 Å². The number of unbranched alkanes of at least 4 members (excludes halogenated alkanes) is 1. The largest absolute Gasteiger partial charge is 0.391 e. The molecule has 7 N–H and O–H groups in total. The number of methoxy groups -OCH3 is 1. The highest BCUT2D eigenvalue weighted by Crippen LogP contribution is 2.36. The second-order valence-electron chi connectivity index (χ2n) is 33.9. The van der Waals surface area contributed by atoms with Crippen LogP contribution in [0.15, 0.2) is 0 Å². The van der Waals surface area contributed by atoms with Gasteiger partial charge in [-0.3, -0.25) is 67.5 Å². The molecular formula is C78H136ClN13O17. The number of likely N-dealkylation sites (N-methyl/N-ethyl adjacent to an activating group) is 6. The van der Waals surface area contributed by atoms with Crippen LogP contribution in [0.2, 0.25) is 0 Å². The number of carbonyl (C=O) groups excluding carboxylic acids is 13. The first-order valence-electron chi connectivity index (χ1n) is 39.7. The van der Waals surface area contributed by atoms with Gasteiger partial charge in [0.2, 0.25) is 76.8 Å². The maximum atomic E-state index is 15.7. The number of hydrogen-bond donors (Lipinski definition) is 7. The highest BCUT2D eigenvalue weighted by Gasteiger charge is 2.46. The smallest absolute Gasteiger partial charge is 0.249 e. The van der Waals surface area contributed by atoms with Gasteiger partial charge >= 0.3 is 0 Å². The Morgan fingerprint density at radius 2 is 1.05 bits per heavy atom. The van der Waals surface area contributed by atoms with E-state index in [0.717, 1.165) is 24.2 Å². The van der Waals surface area contributed by atoms with Crippen LogP contribution >= 0.6 is 11.6 Å². The van der Waals surface area contributed by atoms with Crippen LogP contribution in [-0.4, -0.2) is 293 Å². The molecule has 4 rings (SSSR count). The minimum atomic E-state index is -1.70. The predicted octanol–water partition coefficient (Wildman–Crippen LogP) is 4.46. The van der Waals surface area contributed by atoms with Crippen molar-refractivity contribution < 1.29 is 82.1 Å². The summed E-state index contributed by atoms with van der Waals surface area (Å²) in [5.74, 6) is -11.9. The molecule has 2 aliphatic carbocycles. The van der Waals surface area contributed by atoms with E-state index < -0.39 is 187 Å². The Hall–Kier alpha value is -6.76. The number of nitrogens with zero attached hydrogens (tertiary/aromatic N) is 8. The molecule has 622 valence electrons. The van der Waals surface area contributed by atoms with Crippen LogP contribution in [0.25, 0.3) is 0 Å². The fraction of sp³-hybridized carbons (Fsp3) is 0.833. The van der Waals surface area contributed by atoms with Gasteiger partial charge in [0.25, 0.3) is 0 Å². The molecule has 4 fully saturated rings. The van der Waals surface area contributed by atoms with Gasteiger partial charge in [0.05, 0.1) is 49.8 Å². The first-order chi connectivity index (χ1) is 51.0. The van der Waals surface area contributed by atoms with Crippen LogP contribution in [0.4, 0.5) is 0 Å². The summed E-state index contributed by atoms with van der Waals surface area (Å²) < 4.78 is 12.0. The highest BCUT2D eigenvalue weighted by atomic mass is 35.5. The molecule has 0 aromatic carbocycles. The second-order valence-corrected chi connectivity index (χ2v) is 34.5. The monoisotopic (exact) mass is 1560 g/mol. The highest BCUT2D eigenvalue weighted by molar-refractivity contribution is 6.20. The zero-order valence-corrected chi connectivity index (χ0v) is 69.9. The van der Waals surface area contributed by atoms with Crippen molar-refractivity contribution in [2.45, 2.75) is 290 Å². The lowest BCUT2D eigenvalue weighted by Crippen LogP contribution is -2.62. The lowest BCUT2D eigenvalue weighted by Gasteiger charge is -2.39. The average molecular weight is 1560 g/mol. The molecule has 0 bridgehead atoms. The molecule has 2 heterocycles. The second kappa shape index (κ2) is 44.5. The number of nitrogens with one attached hydrogen (secondary N) is 5. The van der Waals surface area contributed by atoms with E-state index in [1.54, 1.807) is 31.2 Å². The molecule has 2 saturated heterocycles. The fourth-order valence-corrected chi connectivity index (χ4v) is 15.6. The van der Waals surface area contributed by atoms with Crippen LogP contribution in [0.5, 0.6) is 0 Å². The van der Waals surface area contributed by atoms with Gasteiger partial charge in [0, 0.05) is 74.4 Å². The van der Waals surface area contributed by atoms with Crippen LogP contribution in [0.1, 0.15) is 212 Å². The van der Waals surface area contributed by atoms with E-state index in [9.17, 15) is 34.3 Å². The number of hydrogen-bond acceptors (Lipinski definition) is 17. The number of likely N-dealkylation sites (tertiary alicyclic amines) is 1. The molecule has 109 heavy (non-hydrogen) atoms. The molecule has 2 aliphatic heterocycles. The average Bonchev–Trinajstić information content (AvgIpc) is 0.818. The summed E-state index contributed by atoms with van der Waals surface area (Å²) in [6, 6.07) is -12.6. The third kappa shape index (κ3) is 28.7. The number of carbonyl (C=O) groups is 13. The van der Waals surface area contributed by atoms with Gasteiger partial charge in [-0.15, -0.1) is 11.6 Å². The quantitative estimate of drug-likeness (QED) is 0.0474. The fourth-order valence-electron chi connectivity index (χ4n) is 15.2. The summed E-state index contributed by atoms with van der Waals surface area (Å²) in [7, 11) is 9.82. The Labute approximate surface area is 653 Å². The summed E-state index contributed by atoms with van der Waals surface area (Å²) in [6.45, 7) is 22.2. The number of aliphatic hydroxyl groups excluding tert-OH is 1. The van der Waals surface area contributed by atoms with Gasteiger partial charge in [0.1, 0.15) is 54.4 Å². The zero-order valence-electron chi connectivity index (χ0n) is 69.1. The van der Waals surface area contributed by atoms with E-state index >= 15 is 38.4 Å². The molecule has 13 amide bonds. The predicted molar refractivity (Wildman–Crippen MR) is 412 cm³/mol. The van der Waals surface area contributed by atoms with Crippen molar-refractivity contribution in [3.63, 3.8) is 0 Å². The SMILES string of the molecule is CCCCN1CC(=O)N(C)[C@@H](CC(C)C)C(=O)N(C)[C@@H](CC(C)C)C(=O)N[C@@H](COC(C)(C)C)C(=O)N(C)[C@@H](CC(C)C)C(=O)N[C@H](C(=O)N2CCCCC2)CC(=O)N(C)CC(=O)N(C)[C@@H](CC2CCCC(Cl)C2)C(=O)N[C@@H](CC2CCC(C(=O)NO)C(OC)C2)C(=O)N(C)[C@@H](CC(C)C)C(=O)N[C@@H]([C@@H](C)O)C1=O. The van der Waals surface area contributed by atoms with Gasteiger partial charge < -0.3 is 75.0 Å². The molecule has 4 aliphatic rings. The number of ether oxygens (including phenoxy) is 2. The van der Waals surface area contributed by atoms with Gasteiger partial charge in [-0.05, 0) is 160 Å². The van der Waals surface area contributed by atoms with Crippen LogP contribution in [-0.2, 0) is 71.8 Å². The Bertz CT molecular complexity index is 3060. The van der Waals surface area contributed by atoms with E-state index in [2.05, 4.69) is 21.3 Å². The van der Waals surface area contributed by atoms with Gasteiger partial charge in [-0.25, -0.2) is 5.48 Å². The van der Waals surface area contributed by atoms with E-state index in [1.165, 1.54) is 85.7 Å². The molecule has 2 saturated carbocycles. The summed E-state index contributed by atoms with van der Waals surface area (Å²) in [6.07, 6.45) is 3.64. The lowest BCUT2D eigenvalue weighted by molar-refractivity contribution is -0.152. The number of hydroxylamine groups is 1. The number of piperidine rings is 1. The van der Waals surface area contributed by atoms with Crippen molar-refractivity contribution >= 4 is 88.4 Å². The standard InChI is InChI=1S/C78H136ClN13O17/c1-21-22-31-92-44-66(96)87(16)62(37-49(8)9)76(105)90(19)59(35-47(4)5)70(99)82-57(45-109-78(11,12)13)74(103)89(18)58(34-46(2)3)69(98)81-56(75(104)91-32-24-23-25-33-91)42-64(94)85(14)43-65(95)86(15)61(40-51-27-26-28-53(79)38-51)71(100)80-55(39-52-29-30-54(68(97)84-107)63(41-52)108-20)73(102)88(17)60(36-48(6)7)72(101)83-67(50(10)93)77(92)106/h46-63,67,93,107H,21-45H2,1-20H3,(H,80,100)(H,81,98)(H,82,99)(H,83,101)(H,84,97)/t50-,51?,52?,53?,54?,55+,56+,57+,58+,59+,60+,61+,62+,63?,67+/m1/s1. The third-order valence-corrected chi connectivity index (χ3v) is 22.2. The van der Waals surface area contributed by atoms with Crippen molar-refractivity contribution in [3.8, 4) is 0 Å². The molecule has 30 nitrogen and oxygen atoms in total. The van der Waals surface area contributed by atoms with Crippen LogP contribution in [0.3, 0.4) is 0 Å². The maximum Gasteiger partial charge on any atom is 0.249 e. The number of alkyl halides is 1. The van der Waals surface area contributed by atoms with Crippen LogP contribution in [0, 0.1) is 41.4 Å². The first-order valence-corrected chi connectivity index (χ1v) is 40.2. The Kier molecular flexibility index (Phi) is 38.6. The van der Waals surface area contributed by atoms with Gasteiger partial charge in [-0.1, -0.05) is 81.6 Å². The zero-order chi connectivity index (χ0) is 82.2. The Balaban J connectivity index is 2.03. The molecule has 0 radical (unpaired) electrons. The lowest BCUT2D eigenvalue weighted by atomic mass is 9.76. The number of halogens is 1. The molecule has 31 heteroatoms. The summed E-state index contributed by atoms with van der Waals surface area (Å²) in [5, 5.41) is 32.4. The molecule has 0 aromatic heterocycles. The normalized spacial score (nSPS) is 28.6. The molecule has 0 aromatic rings. The Morgan fingerprint density at radius 3 is 1.56 bits per heavy atom. The maximum absolute atomic E-state index is 15.7. The van der Waals surface area contributed by atoms with Crippen molar-refractivity contribution in [1.29, 1.82) is 0 Å². The molecular weight excluding hydrogens is 1430 g/mol. The topological polar surface area (TPSA) is 367 Å². The molecule has 5 unspecified atom stereocenters. The van der Waals surface area contributed by atoms with Crippen molar-refractivity contribution in [3.05, 3.63) is 0 Å². The van der Waals surface area contributed by atoms with Gasteiger partial charge in [-0.2, -0.15) is 0 Å². The first kappa shape index (κ1) is 94.6. The van der Waals surface area contributed by atoms with Crippen molar-refractivity contribution in [1.82, 2.24) is 65.9 Å². The molecule has 0 spiro atoms. The number of aliphatic hydroxyl groups is 1. The van der Waals surface area contributed by atoms with Crippen molar-refractivity contribution in [2.75, 3.05) is 88.7 Å². The summed E-state index contributed by atoms with van der Waals surface area (Å²) >= 11 is 6.79. The number of amides is 13. The summed E-state index contributed by atoms with van der Waals surface area (Å²) in [4.78, 5) is 205. The van der Waals surface area contributed by atoms with Crippen LogP contribution < -0.4 is 26.7 Å². The number of rotatable bonds is 21. The third-order valence-electron chi connectivity index (χ3n) is 21.8.